The second-order valence-corrected chi connectivity index (χ2v) is 6.63. The molecule has 2 aromatic carbocycles. The first-order chi connectivity index (χ1) is 12.8. The van der Waals surface area contributed by atoms with E-state index < -0.39 is 0 Å². The van der Waals surface area contributed by atoms with Gasteiger partial charge in [-0.15, -0.1) is 12.4 Å². The van der Waals surface area contributed by atoms with Crippen molar-refractivity contribution in [3.8, 4) is 11.5 Å². The molecule has 0 aliphatic heterocycles. The number of aryl methyl sites for hydroxylation is 1. The van der Waals surface area contributed by atoms with Crippen molar-refractivity contribution in [2.45, 2.75) is 19.9 Å². The number of benzene rings is 2. The average Bonchev–Trinajstić information content (AvgIpc) is 2.99. The van der Waals surface area contributed by atoms with Crippen LogP contribution in [0.3, 0.4) is 0 Å². The zero-order chi connectivity index (χ0) is 19.7. The van der Waals surface area contributed by atoms with Gasteiger partial charge in [-0.3, -0.25) is 4.79 Å². The molecule has 0 saturated carbocycles. The normalized spacial score (nSPS) is 11.6. The summed E-state index contributed by atoms with van der Waals surface area (Å²) in [6.07, 6.45) is 0. The third kappa shape index (κ3) is 3.98. The maximum Gasteiger partial charge on any atom is 0.255 e. The topological polar surface area (TPSA) is 86.7 Å². The summed E-state index contributed by atoms with van der Waals surface area (Å²) >= 11 is 6.06. The number of nitrogens with two attached hydrogens (primary N) is 1. The molecule has 0 aliphatic carbocycles. The Kier molecular flexibility index (Phi) is 6.69. The maximum atomic E-state index is 12.7. The van der Waals surface area contributed by atoms with Gasteiger partial charge in [0.15, 0.2) is 0 Å². The number of halogens is 2. The van der Waals surface area contributed by atoms with Crippen LogP contribution in [0.15, 0.2) is 34.7 Å². The molecule has 1 unspecified atom stereocenters. The highest BCUT2D eigenvalue weighted by molar-refractivity contribution is 6.33. The SMILES string of the molecule is COc1ccc2oc(C(C)NC(=O)c3cc(Cl)c(N)cc3OC)c(C)c2c1.Cl. The summed E-state index contributed by atoms with van der Waals surface area (Å²) in [4.78, 5) is 12.7. The van der Waals surface area contributed by atoms with E-state index in [4.69, 9.17) is 31.2 Å². The van der Waals surface area contributed by atoms with Gasteiger partial charge in [0.25, 0.3) is 5.91 Å². The van der Waals surface area contributed by atoms with Crippen LogP contribution in [0.1, 0.15) is 34.6 Å². The lowest BCUT2D eigenvalue weighted by Gasteiger charge is -2.15. The van der Waals surface area contributed by atoms with Gasteiger partial charge in [-0.2, -0.15) is 0 Å². The number of ether oxygens (including phenoxy) is 2. The first kappa shape index (κ1) is 21.7. The lowest BCUT2D eigenvalue weighted by atomic mass is 10.1. The lowest BCUT2D eigenvalue weighted by molar-refractivity contribution is 0.0932. The number of methoxy groups -OCH3 is 2. The fourth-order valence-corrected chi connectivity index (χ4v) is 3.18. The zero-order valence-corrected chi connectivity index (χ0v) is 17.5. The summed E-state index contributed by atoms with van der Waals surface area (Å²) in [6.45, 7) is 3.80. The zero-order valence-electron chi connectivity index (χ0n) is 16.0. The minimum atomic E-state index is -0.364. The molecule has 8 heteroatoms. The van der Waals surface area contributed by atoms with Crippen molar-refractivity contribution in [2.75, 3.05) is 20.0 Å². The number of rotatable bonds is 5. The molecule has 0 spiro atoms. The maximum absolute atomic E-state index is 12.7. The molecule has 0 bridgehead atoms. The number of hydrogen-bond acceptors (Lipinski definition) is 5. The molecule has 3 aromatic rings. The minimum absolute atomic E-state index is 0. The van der Waals surface area contributed by atoms with Crippen LogP contribution in [0.2, 0.25) is 5.02 Å². The predicted molar refractivity (Wildman–Crippen MR) is 113 cm³/mol. The first-order valence-electron chi connectivity index (χ1n) is 8.36. The fourth-order valence-electron chi connectivity index (χ4n) is 3.01. The Balaban J connectivity index is 0.00000280. The second kappa shape index (κ2) is 8.63. The molecule has 0 aliphatic rings. The number of hydrogen-bond donors (Lipinski definition) is 2. The number of anilines is 1. The number of carbonyl (C=O) groups is 1. The Hall–Kier alpha value is -2.57. The lowest BCUT2D eigenvalue weighted by Crippen LogP contribution is -2.27. The molecule has 150 valence electrons. The van der Waals surface area contributed by atoms with Crippen molar-refractivity contribution >= 4 is 46.6 Å². The van der Waals surface area contributed by atoms with Gasteiger partial charge in [0.1, 0.15) is 22.8 Å². The number of amides is 1. The Morgan fingerprint density at radius 2 is 1.93 bits per heavy atom. The first-order valence-corrected chi connectivity index (χ1v) is 8.74. The van der Waals surface area contributed by atoms with Crippen LogP contribution < -0.4 is 20.5 Å². The molecule has 1 aromatic heterocycles. The van der Waals surface area contributed by atoms with E-state index in [2.05, 4.69) is 5.32 Å². The Morgan fingerprint density at radius 3 is 2.57 bits per heavy atom. The van der Waals surface area contributed by atoms with E-state index in [1.165, 1.54) is 19.2 Å². The molecule has 0 radical (unpaired) electrons. The summed E-state index contributed by atoms with van der Waals surface area (Å²) in [5, 5.41) is 4.16. The summed E-state index contributed by atoms with van der Waals surface area (Å²) in [5.74, 6) is 1.44. The van der Waals surface area contributed by atoms with Crippen molar-refractivity contribution in [1.29, 1.82) is 0 Å². The molecule has 6 nitrogen and oxygen atoms in total. The number of fused-ring (bicyclic) bond motifs is 1. The largest absolute Gasteiger partial charge is 0.497 e. The molecule has 28 heavy (non-hydrogen) atoms. The summed E-state index contributed by atoms with van der Waals surface area (Å²) in [7, 11) is 3.09. The van der Waals surface area contributed by atoms with Gasteiger partial charge < -0.3 is 24.9 Å². The van der Waals surface area contributed by atoms with Gasteiger partial charge in [-0.05, 0) is 38.1 Å². The highest BCUT2D eigenvalue weighted by Gasteiger charge is 2.22. The smallest absolute Gasteiger partial charge is 0.255 e. The second-order valence-electron chi connectivity index (χ2n) is 6.22. The molecule has 0 saturated heterocycles. The molecule has 1 atom stereocenters. The highest BCUT2D eigenvalue weighted by atomic mass is 35.5. The van der Waals surface area contributed by atoms with E-state index in [0.717, 1.165) is 22.3 Å². The minimum Gasteiger partial charge on any atom is -0.497 e. The summed E-state index contributed by atoms with van der Waals surface area (Å²) < 4.78 is 16.5. The van der Waals surface area contributed by atoms with Crippen LogP contribution in [0.5, 0.6) is 11.5 Å². The van der Waals surface area contributed by atoms with Gasteiger partial charge >= 0.3 is 0 Å². The number of nitrogens with one attached hydrogen (secondary N) is 1. The molecule has 3 N–H and O–H groups in total. The Bertz CT molecular complexity index is 1020. The third-order valence-corrected chi connectivity index (χ3v) is 4.81. The van der Waals surface area contributed by atoms with Crippen molar-refractivity contribution in [1.82, 2.24) is 5.32 Å². The standard InChI is InChI=1S/C20H21ClN2O4.ClH/c1-10-13-7-12(25-3)5-6-17(13)27-19(10)11(2)23-20(24)14-8-15(21)16(22)9-18(14)26-4;/h5-9,11H,22H2,1-4H3,(H,23,24);1H. The van der Waals surface area contributed by atoms with Crippen molar-refractivity contribution in [2.24, 2.45) is 0 Å². The van der Waals surface area contributed by atoms with E-state index in [1.807, 2.05) is 32.0 Å². The van der Waals surface area contributed by atoms with Crippen LogP contribution in [0.25, 0.3) is 11.0 Å². The molecular formula is C20H22Cl2N2O4. The summed E-state index contributed by atoms with van der Waals surface area (Å²) in [5.41, 5.74) is 8.10. The van der Waals surface area contributed by atoms with E-state index in [1.54, 1.807) is 7.11 Å². The molecular weight excluding hydrogens is 403 g/mol. The van der Waals surface area contributed by atoms with Crippen molar-refractivity contribution in [3.63, 3.8) is 0 Å². The third-order valence-electron chi connectivity index (χ3n) is 4.48. The van der Waals surface area contributed by atoms with E-state index in [9.17, 15) is 4.79 Å². The number of nitrogen functional groups attached to an aromatic ring is 1. The molecule has 1 heterocycles. The molecule has 1 amide bonds. The van der Waals surface area contributed by atoms with Crippen molar-refractivity contribution < 1.29 is 18.7 Å². The van der Waals surface area contributed by atoms with Crippen LogP contribution in [0.4, 0.5) is 5.69 Å². The Labute approximate surface area is 174 Å². The van der Waals surface area contributed by atoms with Gasteiger partial charge in [-0.25, -0.2) is 0 Å². The Morgan fingerprint density at radius 1 is 1.21 bits per heavy atom. The average molecular weight is 425 g/mol. The predicted octanol–water partition coefficient (Wildman–Crippen LogP) is 4.91. The highest BCUT2D eigenvalue weighted by Crippen LogP contribution is 2.33. The molecule has 0 fully saturated rings. The van der Waals surface area contributed by atoms with Crippen molar-refractivity contribution in [3.05, 3.63) is 52.2 Å². The van der Waals surface area contributed by atoms with Crippen LogP contribution in [0, 0.1) is 6.92 Å². The van der Waals surface area contributed by atoms with Gasteiger partial charge in [0, 0.05) is 17.0 Å². The van der Waals surface area contributed by atoms with E-state index in [0.29, 0.717) is 27.8 Å². The number of carbonyl (C=O) groups excluding carboxylic acids is 1. The van der Waals surface area contributed by atoms with Crippen LogP contribution in [-0.2, 0) is 0 Å². The number of furan rings is 1. The van der Waals surface area contributed by atoms with E-state index in [-0.39, 0.29) is 24.4 Å². The van der Waals surface area contributed by atoms with Gasteiger partial charge in [0.05, 0.1) is 36.5 Å². The quantitative estimate of drug-likeness (QED) is 0.568. The fraction of sp³-hybridized carbons (Fsp3) is 0.250. The van der Waals surface area contributed by atoms with Gasteiger partial charge in [0.2, 0.25) is 0 Å². The monoisotopic (exact) mass is 424 g/mol. The van der Waals surface area contributed by atoms with Crippen LogP contribution >= 0.6 is 24.0 Å². The van der Waals surface area contributed by atoms with E-state index >= 15 is 0 Å². The summed E-state index contributed by atoms with van der Waals surface area (Å²) in [6, 6.07) is 8.25. The van der Waals surface area contributed by atoms with Crippen LogP contribution in [-0.4, -0.2) is 20.1 Å². The van der Waals surface area contributed by atoms with Gasteiger partial charge in [-0.1, -0.05) is 11.6 Å². The molecule has 3 rings (SSSR count).